The maximum atomic E-state index is 12.2. The van der Waals surface area contributed by atoms with Crippen molar-refractivity contribution < 1.29 is 18.7 Å². The minimum atomic E-state index is -0.347. The van der Waals surface area contributed by atoms with Crippen molar-refractivity contribution >= 4 is 17.7 Å². The summed E-state index contributed by atoms with van der Waals surface area (Å²) in [7, 11) is 0. The van der Waals surface area contributed by atoms with Crippen molar-refractivity contribution in [2.45, 2.75) is 26.3 Å². The van der Waals surface area contributed by atoms with Crippen LogP contribution in [0.4, 0.5) is 10.5 Å². The topological polar surface area (TPSA) is 97.6 Å². The van der Waals surface area contributed by atoms with Crippen LogP contribution in [0.5, 0.6) is 0 Å². The van der Waals surface area contributed by atoms with Crippen molar-refractivity contribution in [1.29, 1.82) is 0 Å². The van der Waals surface area contributed by atoms with E-state index in [2.05, 4.69) is 15.5 Å². The summed E-state index contributed by atoms with van der Waals surface area (Å²) in [5.41, 5.74) is 3.67. The van der Waals surface area contributed by atoms with Gasteiger partial charge in [-0.05, 0) is 36.8 Å². The lowest BCUT2D eigenvalue weighted by molar-refractivity contribution is -0.121. The van der Waals surface area contributed by atoms with Gasteiger partial charge in [-0.15, -0.1) is 10.2 Å². The van der Waals surface area contributed by atoms with Gasteiger partial charge in [-0.1, -0.05) is 29.8 Å². The van der Waals surface area contributed by atoms with Crippen LogP contribution in [0.2, 0.25) is 0 Å². The molecule has 8 heteroatoms. The maximum absolute atomic E-state index is 12.2. The Hall–Kier alpha value is -3.68. The largest absolute Gasteiger partial charge is 0.447 e. The summed E-state index contributed by atoms with van der Waals surface area (Å²) in [5.74, 6) is 0.758. The molecule has 0 atom stereocenters. The summed E-state index contributed by atoms with van der Waals surface area (Å²) < 4.78 is 10.6. The molecule has 30 heavy (non-hydrogen) atoms. The number of anilines is 1. The first-order chi connectivity index (χ1) is 14.6. The zero-order chi connectivity index (χ0) is 20.9. The smallest absolute Gasteiger partial charge is 0.414 e. The van der Waals surface area contributed by atoms with Gasteiger partial charge in [0, 0.05) is 30.6 Å². The van der Waals surface area contributed by atoms with Gasteiger partial charge in [0.15, 0.2) is 0 Å². The molecular weight excluding hydrogens is 384 g/mol. The highest BCUT2D eigenvalue weighted by Gasteiger charge is 2.23. The first-order valence-corrected chi connectivity index (χ1v) is 9.78. The molecular formula is C22H22N4O4. The minimum Gasteiger partial charge on any atom is -0.447 e. The van der Waals surface area contributed by atoms with E-state index in [0.29, 0.717) is 37.9 Å². The average molecular weight is 406 g/mol. The van der Waals surface area contributed by atoms with E-state index in [-0.39, 0.29) is 18.4 Å². The normalized spacial score (nSPS) is 13.4. The highest BCUT2D eigenvalue weighted by atomic mass is 16.6. The molecule has 1 aliphatic rings. The van der Waals surface area contributed by atoms with Gasteiger partial charge >= 0.3 is 6.09 Å². The summed E-state index contributed by atoms with van der Waals surface area (Å²) in [4.78, 5) is 25.5. The number of ether oxygens (including phenoxy) is 1. The van der Waals surface area contributed by atoms with E-state index in [9.17, 15) is 9.59 Å². The van der Waals surface area contributed by atoms with E-state index in [1.807, 2.05) is 55.5 Å². The predicted octanol–water partition coefficient (Wildman–Crippen LogP) is 3.25. The molecule has 2 aromatic carbocycles. The Balaban J connectivity index is 1.28. The highest BCUT2D eigenvalue weighted by Crippen LogP contribution is 2.20. The third kappa shape index (κ3) is 4.65. The van der Waals surface area contributed by atoms with Crippen LogP contribution in [-0.2, 0) is 22.5 Å². The monoisotopic (exact) mass is 406 g/mol. The maximum Gasteiger partial charge on any atom is 0.414 e. The average Bonchev–Trinajstić information content (AvgIpc) is 3.40. The number of rotatable bonds is 7. The summed E-state index contributed by atoms with van der Waals surface area (Å²) in [6.45, 7) is 3.30. The zero-order valence-electron chi connectivity index (χ0n) is 16.6. The molecule has 1 saturated heterocycles. The molecule has 154 valence electrons. The first kappa shape index (κ1) is 19.6. The lowest BCUT2D eigenvalue weighted by Crippen LogP contribution is -2.25. The van der Waals surface area contributed by atoms with Crippen LogP contribution in [-0.4, -0.2) is 35.3 Å². The van der Waals surface area contributed by atoms with Crippen molar-refractivity contribution in [3.8, 4) is 11.5 Å². The van der Waals surface area contributed by atoms with Crippen molar-refractivity contribution in [1.82, 2.24) is 15.5 Å². The fourth-order valence-electron chi connectivity index (χ4n) is 3.14. The number of amides is 2. The van der Waals surface area contributed by atoms with Crippen molar-refractivity contribution in [3.05, 3.63) is 65.5 Å². The molecule has 1 aromatic heterocycles. The third-order valence-electron chi connectivity index (χ3n) is 4.80. The molecule has 0 radical (unpaired) electrons. The fraction of sp³-hybridized carbons (Fsp3) is 0.273. The number of aryl methyl sites for hydroxylation is 2. The summed E-state index contributed by atoms with van der Waals surface area (Å²) in [6.07, 6.45) is 0.263. The van der Waals surface area contributed by atoms with Gasteiger partial charge in [-0.25, -0.2) is 4.79 Å². The number of cyclic esters (lactones) is 1. The predicted molar refractivity (Wildman–Crippen MR) is 110 cm³/mol. The van der Waals surface area contributed by atoms with E-state index in [1.165, 1.54) is 0 Å². The first-order valence-electron chi connectivity index (χ1n) is 9.78. The zero-order valence-corrected chi connectivity index (χ0v) is 16.6. The van der Waals surface area contributed by atoms with Crippen LogP contribution in [0.1, 0.15) is 23.4 Å². The van der Waals surface area contributed by atoms with E-state index in [1.54, 1.807) is 4.90 Å². The summed E-state index contributed by atoms with van der Waals surface area (Å²) in [6, 6.07) is 15.3. The number of aromatic nitrogens is 2. The van der Waals surface area contributed by atoms with Gasteiger partial charge in [0.05, 0.1) is 6.54 Å². The Bertz CT molecular complexity index is 1050. The standard InChI is InChI=1S/C22H22N4O4/c1-15-5-7-17(8-6-15)21-25-24-20(30-21)10-9-19(27)23-14-16-3-2-4-18(13-16)26-11-12-29-22(26)28/h2-8,13H,9-12,14H2,1H3,(H,23,27). The van der Waals surface area contributed by atoms with Gasteiger partial charge in [-0.3, -0.25) is 9.69 Å². The van der Waals surface area contributed by atoms with Gasteiger partial charge < -0.3 is 14.5 Å². The van der Waals surface area contributed by atoms with Gasteiger partial charge in [0.1, 0.15) is 6.61 Å². The molecule has 1 N–H and O–H groups in total. The molecule has 3 aromatic rings. The van der Waals surface area contributed by atoms with E-state index < -0.39 is 0 Å². The quantitative estimate of drug-likeness (QED) is 0.647. The van der Waals surface area contributed by atoms with E-state index in [4.69, 9.17) is 9.15 Å². The summed E-state index contributed by atoms with van der Waals surface area (Å²) >= 11 is 0. The Morgan fingerprint density at radius 3 is 2.77 bits per heavy atom. The molecule has 1 aliphatic heterocycles. The highest BCUT2D eigenvalue weighted by molar-refractivity contribution is 5.89. The lowest BCUT2D eigenvalue weighted by Gasteiger charge is -2.14. The SMILES string of the molecule is Cc1ccc(-c2nnc(CCC(=O)NCc3cccc(N4CCOC4=O)c3)o2)cc1. The molecule has 8 nitrogen and oxygen atoms in total. The Labute approximate surface area is 173 Å². The molecule has 0 unspecified atom stereocenters. The lowest BCUT2D eigenvalue weighted by atomic mass is 10.1. The number of carbonyl (C=O) groups excluding carboxylic acids is 2. The Morgan fingerprint density at radius 1 is 1.17 bits per heavy atom. The number of hydrogen-bond acceptors (Lipinski definition) is 6. The van der Waals surface area contributed by atoms with Crippen molar-refractivity contribution in [3.63, 3.8) is 0 Å². The van der Waals surface area contributed by atoms with Gasteiger partial charge in [0.25, 0.3) is 0 Å². The van der Waals surface area contributed by atoms with Crippen LogP contribution >= 0.6 is 0 Å². The number of benzene rings is 2. The molecule has 0 bridgehead atoms. The van der Waals surface area contributed by atoms with Gasteiger partial charge in [0.2, 0.25) is 17.7 Å². The Kier molecular flexibility index (Phi) is 5.74. The molecule has 4 rings (SSSR count). The molecule has 2 heterocycles. The second-order valence-corrected chi connectivity index (χ2v) is 7.08. The molecule has 2 amide bonds. The van der Waals surface area contributed by atoms with E-state index >= 15 is 0 Å². The third-order valence-corrected chi connectivity index (χ3v) is 4.80. The van der Waals surface area contributed by atoms with Crippen LogP contribution in [0, 0.1) is 6.92 Å². The molecule has 0 aliphatic carbocycles. The fourth-order valence-corrected chi connectivity index (χ4v) is 3.14. The minimum absolute atomic E-state index is 0.115. The number of nitrogens with one attached hydrogen (secondary N) is 1. The number of nitrogens with zero attached hydrogens (tertiary/aromatic N) is 3. The molecule has 0 saturated carbocycles. The second kappa shape index (κ2) is 8.77. The van der Waals surface area contributed by atoms with Crippen molar-refractivity contribution in [2.75, 3.05) is 18.1 Å². The Morgan fingerprint density at radius 2 is 2.00 bits per heavy atom. The van der Waals surface area contributed by atoms with E-state index in [0.717, 1.165) is 22.4 Å². The van der Waals surface area contributed by atoms with Crippen molar-refractivity contribution in [2.24, 2.45) is 0 Å². The van der Waals surface area contributed by atoms with Crippen LogP contribution in [0.15, 0.2) is 52.9 Å². The second-order valence-electron chi connectivity index (χ2n) is 7.08. The summed E-state index contributed by atoms with van der Waals surface area (Å²) in [5, 5.41) is 11.0. The molecule has 1 fully saturated rings. The van der Waals surface area contributed by atoms with Crippen LogP contribution in [0.3, 0.4) is 0 Å². The van der Waals surface area contributed by atoms with Gasteiger partial charge in [-0.2, -0.15) is 0 Å². The van der Waals surface area contributed by atoms with Crippen LogP contribution in [0.25, 0.3) is 11.5 Å². The number of carbonyl (C=O) groups is 2. The number of hydrogen-bond donors (Lipinski definition) is 1. The molecule has 0 spiro atoms. The van der Waals surface area contributed by atoms with Crippen LogP contribution < -0.4 is 10.2 Å².